The lowest BCUT2D eigenvalue weighted by atomic mass is 10.1. The Morgan fingerprint density at radius 2 is 2.05 bits per heavy atom. The maximum atomic E-state index is 12.2. The molecule has 1 aromatic heterocycles. The summed E-state index contributed by atoms with van der Waals surface area (Å²) in [5, 5.41) is 15.8. The van der Waals surface area contributed by atoms with Crippen LogP contribution in [0, 0.1) is 13.8 Å². The number of aromatic nitrogens is 2. The van der Waals surface area contributed by atoms with Crippen molar-refractivity contribution in [3.63, 3.8) is 0 Å². The molecular formula is C13H21N3O3. The molecule has 0 aliphatic heterocycles. The summed E-state index contributed by atoms with van der Waals surface area (Å²) in [5.74, 6) is -1.15. The van der Waals surface area contributed by atoms with Crippen molar-refractivity contribution >= 4 is 11.9 Å². The molecule has 0 radical (unpaired) electrons. The van der Waals surface area contributed by atoms with Gasteiger partial charge in [-0.25, -0.2) is 0 Å². The van der Waals surface area contributed by atoms with E-state index in [2.05, 4.69) is 10.4 Å². The number of hydrogen-bond donors (Lipinski definition) is 2. The van der Waals surface area contributed by atoms with Crippen molar-refractivity contribution in [2.24, 2.45) is 7.05 Å². The number of nitrogens with zero attached hydrogens (tertiary/aromatic N) is 2. The van der Waals surface area contributed by atoms with Gasteiger partial charge in [0, 0.05) is 18.8 Å². The van der Waals surface area contributed by atoms with Gasteiger partial charge in [-0.05, 0) is 20.3 Å². The first-order valence-electron chi connectivity index (χ1n) is 6.39. The Balaban J connectivity index is 2.84. The van der Waals surface area contributed by atoms with Crippen LogP contribution in [-0.2, 0) is 11.8 Å². The van der Waals surface area contributed by atoms with Crippen LogP contribution in [0.15, 0.2) is 0 Å². The van der Waals surface area contributed by atoms with Crippen molar-refractivity contribution in [1.82, 2.24) is 15.1 Å². The number of carboxylic acid groups (broad SMARTS) is 1. The maximum Gasteiger partial charge on any atom is 0.305 e. The summed E-state index contributed by atoms with van der Waals surface area (Å²) in [6.45, 7) is 5.55. The fourth-order valence-electron chi connectivity index (χ4n) is 2.14. The molecule has 1 atom stereocenters. The summed E-state index contributed by atoms with van der Waals surface area (Å²) >= 11 is 0. The van der Waals surface area contributed by atoms with E-state index >= 15 is 0 Å². The second-order valence-corrected chi connectivity index (χ2v) is 4.73. The van der Waals surface area contributed by atoms with Crippen molar-refractivity contribution in [3.8, 4) is 0 Å². The number of amides is 1. The van der Waals surface area contributed by atoms with Gasteiger partial charge in [0.1, 0.15) is 0 Å². The standard InChI is InChI=1S/C13H21N3O3/c1-5-6-10(7-11(17)18)14-13(19)12-8(2)15-16(4)9(12)3/h10H,5-7H2,1-4H3,(H,14,19)(H,17,18). The van der Waals surface area contributed by atoms with Crippen LogP contribution in [-0.4, -0.2) is 32.8 Å². The van der Waals surface area contributed by atoms with Crippen LogP contribution in [0.25, 0.3) is 0 Å². The zero-order valence-electron chi connectivity index (χ0n) is 11.9. The van der Waals surface area contributed by atoms with E-state index in [0.717, 1.165) is 12.1 Å². The van der Waals surface area contributed by atoms with Crippen molar-refractivity contribution in [1.29, 1.82) is 0 Å². The third kappa shape index (κ3) is 3.81. The van der Waals surface area contributed by atoms with E-state index in [-0.39, 0.29) is 18.4 Å². The molecule has 0 aromatic carbocycles. The topological polar surface area (TPSA) is 84.2 Å². The Morgan fingerprint density at radius 1 is 1.42 bits per heavy atom. The van der Waals surface area contributed by atoms with Gasteiger partial charge in [0.25, 0.3) is 5.91 Å². The molecule has 0 spiro atoms. The highest BCUT2D eigenvalue weighted by atomic mass is 16.4. The van der Waals surface area contributed by atoms with Crippen LogP contribution in [0.5, 0.6) is 0 Å². The molecule has 1 unspecified atom stereocenters. The first kappa shape index (κ1) is 15.2. The van der Waals surface area contributed by atoms with Gasteiger partial charge in [-0.15, -0.1) is 0 Å². The minimum absolute atomic E-state index is 0.0576. The van der Waals surface area contributed by atoms with Gasteiger partial charge in [-0.2, -0.15) is 5.10 Å². The molecular weight excluding hydrogens is 246 g/mol. The van der Waals surface area contributed by atoms with Crippen LogP contribution >= 0.6 is 0 Å². The van der Waals surface area contributed by atoms with Crippen LogP contribution in [0.4, 0.5) is 0 Å². The molecule has 0 aliphatic rings. The minimum atomic E-state index is -0.904. The van der Waals surface area contributed by atoms with E-state index in [4.69, 9.17) is 5.11 Å². The van der Waals surface area contributed by atoms with E-state index in [1.54, 1.807) is 18.7 Å². The van der Waals surface area contributed by atoms with Crippen molar-refractivity contribution < 1.29 is 14.7 Å². The first-order valence-corrected chi connectivity index (χ1v) is 6.39. The largest absolute Gasteiger partial charge is 0.481 e. The third-order valence-electron chi connectivity index (χ3n) is 3.13. The molecule has 0 bridgehead atoms. The number of carbonyl (C=O) groups excluding carboxylic acids is 1. The molecule has 1 aromatic rings. The second kappa shape index (κ2) is 6.36. The van der Waals surface area contributed by atoms with Gasteiger partial charge in [-0.3, -0.25) is 14.3 Å². The summed E-state index contributed by atoms with van der Waals surface area (Å²) in [4.78, 5) is 23.0. The monoisotopic (exact) mass is 267 g/mol. The lowest BCUT2D eigenvalue weighted by Gasteiger charge is -2.16. The Hall–Kier alpha value is -1.85. The number of aryl methyl sites for hydroxylation is 2. The number of carboxylic acids is 1. The quantitative estimate of drug-likeness (QED) is 0.816. The molecule has 106 valence electrons. The first-order chi connectivity index (χ1) is 8.86. The number of hydrogen-bond acceptors (Lipinski definition) is 3. The molecule has 19 heavy (non-hydrogen) atoms. The average molecular weight is 267 g/mol. The van der Waals surface area contributed by atoms with Crippen LogP contribution in [0.2, 0.25) is 0 Å². The number of carbonyl (C=O) groups is 2. The molecule has 6 heteroatoms. The fraction of sp³-hybridized carbons (Fsp3) is 0.615. The predicted molar refractivity (Wildman–Crippen MR) is 71.1 cm³/mol. The van der Waals surface area contributed by atoms with Gasteiger partial charge < -0.3 is 10.4 Å². The van der Waals surface area contributed by atoms with Crippen molar-refractivity contribution in [2.45, 2.75) is 46.1 Å². The maximum absolute atomic E-state index is 12.2. The molecule has 0 aliphatic carbocycles. The molecule has 0 saturated heterocycles. The molecule has 1 rings (SSSR count). The number of aliphatic carboxylic acids is 1. The van der Waals surface area contributed by atoms with Crippen molar-refractivity contribution in [3.05, 3.63) is 17.0 Å². The number of rotatable bonds is 6. The van der Waals surface area contributed by atoms with Gasteiger partial charge >= 0.3 is 5.97 Å². The average Bonchev–Trinajstić information content (AvgIpc) is 2.52. The lowest BCUT2D eigenvalue weighted by Crippen LogP contribution is -2.36. The van der Waals surface area contributed by atoms with Crippen LogP contribution in [0.3, 0.4) is 0 Å². The summed E-state index contributed by atoms with van der Waals surface area (Å²) in [6, 6.07) is -0.339. The third-order valence-corrected chi connectivity index (χ3v) is 3.13. The Morgan fingerprint density at radius 3 is 2.47 bits per heavy atom. The predicted octanol–water partition coefficient (Wildman–Crippen LogP) is 1.41. The summed E-state index contributed by atoms with van der Waals surface area (Å²) in [5.41, 5.74) is 1.97. The molecule has 1 heterocycles. The Labute approximate surface area is 112 Å². The zero-order valence-corrected chi connectivity index (χ0v) is 11.9. The Kier molecular flexibility index (Phi) is 5.09. The van der Waals surface area contributed by atoms with Gasteiger partial charge in [0.05, 0.1) is 17.7 Å². The molecule has 0 fully saturated rings. The molecule has 6 nitrogen and oxygen atoms in total. The fourth-order valence-corrected chi connectivity index (χ4v) is 2.14. The van der Waals surface area contributed by atoms with E-state index < -0.39 is 5.97 Å². The normalized spacial score (nSPS) is 12.2. The van der Waals surface area contributed by atoms with Gasteiger partial charge in [0.2, 0.25) is 0 Å². The Bertz CT molecular complexity index is 480. The van der Waals surface area contributed by atoms with Crippen LogP contribution < -0.4 is 5.32 Å². The summed E-state index contributed by atoms with van der Waals surface area (Å²) < 4.78 is 1.65. The highest BCUT2D eigenvalue weighted by Crippen LogP contribution is 2.13. The van der Waals surface area contributed by atoms with Gasteiger partial charge in [0.15, 0.2) is 0 Å². The van der Waals surface area contributed by atoms with E-state index in [0.29, 0.717) is 17.7 Å². The molecule has 0 saturated carbocycles. The highest BCUT2D eigenvalue weighted by Gasteiger charge is 2.21. The number of nitrogens with one attached hydrogen (secondary N) is 1. The smallest absolute Gasteiger partial charge is 0.305 e. The highest BCUT2D eigenvalue weighted by molar-refractivity contribution is 5.96. The second-order valence-electron chi connectivity index (χ2n) is 4.73. The SMILES string of the molecule is CCCC(CC(=O)O)NC(=O)c1c(C)nn(C)c1C. The lowest BCUT2D eigenvalue weighted by molar-refractivity contribution is -0.137. The molecule has 2 N–H and O–H groups in total. The van der Waals surface area contributed by atoms with E-state index in [9.17, 15) is 9.59 Å². The van der Waals surface area contributed by atoms with E-state index in [1.165, 1.54) is 0 Å². The summed E-state index contributed by atoms with van der Waals surface area (Å²) in [7, 11) is 1.78. The minimum Gasteiger partial charge on any atom is -0.481 e. The zero-order chi connectivity index (χ0) is 14.6. The van der Waals surface area contributed by atoms with E-state index in [1.807, 2.05) is 13.8 Å². The van der Waals surface area contributed by atoms with Crippen molar-refractivity contribution in [2.75, 3.05) is 0 Å². The van der Waals surface area contributed by atoms with Crippen LogP contribution in [0.1, 0.15) is 47.9 Å². The summed E-state index contributed by atoms with van der Waals surface area (Å²) in [6.07, 6.45) is 1.41. The van der Waals surface area contributed by atoms with Gasteiger partial charge in [-0.1, -0.05) is 13.3 Å². The molecule has 1 amide bonds.